The fourth-order valence-corrected chi connectivity index (χ4v) is 3.26. The van der Waals surface area contributed by atoms with Gasteiger partial charge in [-0.15, -0.1) is 0 Å². The molecule has 0 spiro atoms. The molecule has 1 atom stereocenters. The van der Waals surface area contributed by atoms with E-state index < -0.39 is 6.04 Å². The maximum absolute atomic E-state index is 13.2. The number of aryl methyl sites for hydroxylation is 1. The molecule has 1 unspecified atom stereocenters. The van der Waals surface area contributed by atoms with Gasteiger partial charge < -0.3 is 24.1 Å². The Morgan fingerprint density at radius 3 is 2.96 bits per heavy atom. The maximum Gasteiger partial charge on any atom is 0.258 e. The molecule has 2 aliphatic heterocycles. The number of carbonyl (C=O) groups excluding carboxylic acids is 1. The quantitative estimate of drug-likeness (QED) is 0.864. The number of para-hydroxylation sites is 1. The predicted molar refractivity (Wildman–Crippen MR) is 91.6 cm³/mol. The number of ether oxygens (including phenoxy) is 3. The maximum atomic E-state index is 13.2. The van der Waals surface area contributed by atoms with E-state index in [9.17, 15) is 9.59 Å². The number of amides is 1. The number of aromatic amines is 1. The van der Waals surface area contributed by atoms with Crippen LogP contribution in [0.4, 0.5) is 0 Å². The first-order valence-corrected chi connectivity index (χ1v) is 8.48. The molecular formula is C18H19N3O5. The molecule has 3 heterocycles. The molecule has 0 saturated carbocycles. The molecule has 8 nitrogen and oxygen atoms in total. The van der Waals surface area contributed by atoms with Crippen LogP contribution in [-0.2, 0) is 4.74 Å². The van der Waals surface area contributed by atoms with E-state index in [-0.39, 0.29) is 18.1 Å². The van der Waals surface area contributed by atoms with Gasteiger partial charge in [0.1, 0.15) is 19.0 Å². The Hall–Kier alpha value is -2.87. The largest absolute Gasteiger partial charge is 0.486 e. The highest BCUT2D eigenvalue weighted by molar-refractivity contribution is 5.98. The zero-order chi connectivity index (χ0) is 18.1. The molecule has 2 aliphatic rings. The number of aromatic nitrogens is 2. The van der Waals surface area contributed by atoms with Crippen molar-refractivity contribution >= 4 is 5.91 Å². The first-order chi connectivity index (χ1) is 12.6. The van der Waals surface area contributed by atoms with Crippen LogP contribution in [-0.4, -0.2) is 53.7 Å². The lowest BCUT2D eigenvalue weighted by atomic mass is 10.1. The van der Waals surface area contributed by atoms with E-state index >= 15 is 0 Å². The van der Waals surface area contributed by atoms with Crippen molar-refractivity contribution in [2.45, 2.75) is 13.0 Å². The summed E-state index contributed by atoms with van der Waals surface area (Å²) >= 11 is 0. The summed E-state index contributed by atoms with van der Waals surface area (Å²) in [5.41, 5.74) is 0.705. The van der Waals surface area contributed by atoms with E-state index in [2.05, 4.69) is 9.97 Å². The van der Waals surface area contributed by atoms with Crippen molar-refractivity contribution in [1.29, 1.82) is 0 Å². The summed E-state index contributed by atoms with van der Waals surface area (Å²) < 4.78 is 16.8. The summed E-state index contributed by atoms with van der Waals surface area (Å²) in [4.78, 5) is 33.7. The average Bonchev–Trinajstić information content (AvgIpc) is 2.66. The first kappa shape index (κ1) is 16.6. The van der Waals surface area contributed by atoms with Crippen molar-refractivity contribution in [3.63, 3.8) is 0 Å². The highest BCUT2D eigenvalue weighted by atomic mass is 16.6. The normalized spacial score (nSPS) is 19.3. The molecule has 2 aromatic rings. The number of nitrogens with one attached hydrogen (secondary N) is 1. The molecule has 0 radical (unpaired) electrons. The molecule has 0 aliphatic carbocycles. The number of H-pyrrole nitrogens is 1. The number of nitrogens with zero attached hydrogens (tertiary/aromatic N) is 2. The van der Waals surface area contributed by atoms with Crippen LogP contribution in [0.1, 0.15) is 27.9 Å². The summed E-state index contributed by atoms with van der Waals surface area (Å²) in [7, 11) is 0. The summed E-state index contributed by atoms with van der Waals surface area (Å²) in [6, 6.07) is 6.25. The summed E-state index contributed by atoms with van der Waals surface area (Å²) in [5.74, 6) is 1.33. The second-order valence-electron chi connectivity index (χ2n) is 6.17. The molecule has 8 heteroatoms. The summed E-state index contributed by atoms with van der Waals surface area (Å²) in [6.45, 7) is 3.69. The topological polar surface area (TPSA) is 93.8 Å². The van der Waals surface area contributed by atoms with Gasteiger partial charge in [-0.1, -0.05) is 6.07 Å². The average molecular weight is 357 g/mol. The summed E-state index contributed by atoms with van der Waals surface area (Å²) in [5, 5.41) is 0. The van der Waals surface area contributed by atoms with E-state index in [0.717, 1.165) is 0 Å². The molecule has 136 valence electrons. The smallest absolute Gasteiger partial charge is 0.258 e. The standard InChI is InChI=1S/C18H19N3O5/c1-11-19-13(9-16(22)20-11)14-10-24-6-5-21(14)18(23)12-3-2-4-15-17(12)26-8-7-25-15/h2-4,9,14H,5-8,10H2,1H3,(H,19,20,22). The second kappa shape index (κ2) is 6.80. The Morgan fingerprint density at radius 2 is 2.12 bits per heavy atom. The lowest BCUT2D eigenvalue weighted by Gasteiger charge is -2.35. The molecule has 0 bridgehead atoms. The van der Waals surface area contributed by atoms with Gasteiger partial charge in [-0.05, 0) is 19.1 Å². The third-order valence-corrected chi connectivity index (χ3v) is 4.41. The number of morpholine rings is 1. The van der Waals surface area contributed by atoms with Crippen molar-refractivity contribution in [2.75, 3.05) is 33.0 Å². The highest BCUT2D eigenvalue weighted by Crippen LogP contribution is 2.35. The monoisotopic (exact) mass is 357 g/mol. The van der Waals surface area contributed by atoms with Gasteiger partial charge in [0, 0.05) is 12.6 Å². The van der Waals surface area contributed by atoms with Crippen molar-refractivity contribution in [3.05, 3.63) is 51.7 Å². The third-order valence-electron chi connectivity index (χ3n) is 4.41. The third kappa shape index (κ3) is 3.03. The number of carbonyl (C=O) groups is 1. The van der Waals surface area contributed by atoms with Crippen molar-refractivity contribution in [2.24, 2.45) is 0 Å². The Kier molecular flexibility index (Phi) is 4.34. The van der Waals surface area contributed by atoms with Gasteiger partial charge in [-0.2, -0.15) is 0 Å². The van der Waals surface area contributed by atoms with Gasteiger partial charge in [0.15, 0.2) is 11.5 Å². The second-order valence-corrected chi connectivity index (χ2v) is 6.17. The molecular weight excluding hydrogens is 338 g/mol. The van der Waals surface area contributed by atoms with Crippen LogP contribution in [0.2, 0.25) is 0 Å². The molecule has 26 heavy (non-hydrogen) atoms. The van der Waals surface area contributed by atoms with Gasteiger partial charge in [-0.25, -0.2) is 4.98 Å². The van der Waals surface area contributed by atoms with Gasteiger partial charge in [0.2, 0.25) is 0 Å². The van der Waals surface area contributed by atoms with E-state index in [4.69, 9.17) is 14.2 Å². The fraction of sp³-hybridized carbons (Fsp3) is 0.389. The van der Waals surface area contributed by atoms with Crippen molar-refractivity contribution in [1.82, 2.24) is 14.9 Å². The van der Waals surface area contributed by atoms with Crippen LogP contribution >= 0.6 is 0 Å². The number of hydrogen-bond donors (Lipinski definition) is 1. The zero-order valence-electron chi connectivity index (χ0n) is 14.4. The van der Waals surface area contributed by atoms with Crippen molar-refractivity contribution < 1.29 is 19.0 Å². The predicted octanol–water partition coefficient (Wildman–Crippen LogP) is 1.06. The van der Waals surface area contributed by atoms with Gasteiger partial charge in [-0.3, -0.25) is 9.59 Å². The molecule has 1 amide bonds. The minimum absolute atomic E-state index is 0.194. The lowest BCUT2D eigenvalue weighted by Crippen LogP contribution is -2.44. The van der Waals surface area contributed by atoms with Gasteiger partial charge in [0.05, 0.1) is 30.5 Å². The highest BCUT2D eigenvalue weighted by Gasteiger charge is 2.33. The molecule has 1 aromatic heterocycles. The Labute approximate surface area is 149 Å². The number of fused-ring (bicyclic) bond motifs is 1. The summed E-state index contributed by atoms with van der Waals surface area (Å²) in [6.07, 6.45) is 0. The minimum atomic E-state index is -0.433. The van der Waals surface area contributed by atoms with E-state index in [1.54, 1.807) is 30.0 Å². The van der Waals surface area contributed by atoms with Crippen LogP contribution in [0.5, 0.6) is 11.5 Å². The van der Waals surface area contributed by atoms with Crippen LogP contribution in [0.3, 0.4) is 0 Å². The molecule has 1 N–H and O–H groups in total. The number of rotatable bonds is 2. The van der Waals surface area contributed by atoms with Crippen LogP contribution in [0.15, 0.2) is 29.1 Å². The van der Waals surface area contributed by atoms with E-state index in [0.29, 0.717) is 54.9 Å². The van der Waals surface area contributed by atoms with E-state index in [1.807, 2.05) is 0 Å². The van der Waals surface area contributed by atoms with Crippen LogP contribution in [0.25, 0.3) is 0 Å². The van der Waals surface area contributed by atoms with Gasteiger partial charge in [0.25, 0.3) is 11.5 Å². The zero-order valence-corrected chi connectivity index (χ0v) is 14.4. The fourth-order valence-electron chi connectivity index (χ4n) is 3.26. The van der Waals surface area contributed by atoms with Gasteiger partial charge >= 0.3 is 0 Å². The minimum Gasteiger partial charge on any atom is -0.486 e. The van der Waals surface area contributed by atoms with Crippen molar-refractivity contribution in [3.8, 4) is 11.5 Å². The molecule has 4 rings (SSSR count). The molecule has 1 aromatic carbocycles. The molecule has 1 saturated heterocycles. The number of benzene rings is 1. The molecule has 1 fully saturated rings. The van der Waals surface area contributed by atoms with E-state index in [1.165, 1.54) is 6.07 Å². The first-order valence-electron chi connectivity index (χ1n) is 8.48. The Balaban J connectivity index is 1.71. The number of hydrogen-bond acceptors (Lipinski definition) is 6. The SMILES string of the molecule is Cc1nc(C2COCCN2C(=O)c2cccc3c2OCCO3)cc(=O)[nH]1. The Morgan fingerprint density at radius 1 is 1.27 bits per heavy atom. The lowest BCUT2D eigenvalue weighted by molar-refractivity contribution is -0.00431. The van der Waals surface area contributed by atoms with Crippen LogP contribution < -0.4 is 15.0 Å². The van der Waals surface area contributed by atoms with Crippen LogP contribution in [0, 0.1) is 6.92 Å². The Bertz CT molecular complexity index is 895.